The van der Waals surface area contributed by atoms with Crippen LogP contribution in [0.3, 0.4) is 0 Å². The molecule has 0 aliphatic heterocycles. The Balaban J connectivity index is 2.31. The van der Waals surface area contributed by atoms with E-state index in [0.717, 1.165) is 17.7 Å². The van der Waals surface area contributed by atoms with Crippen molar-refractivity contribution >= 4 is 5.91 Å². The zero-order chi connectivity index (χ0) is 11.5. The molecule has 0 atom stereocenters. The number of amides is 1. The molecule has 0 aromatic rings. The van der Waals surface area contributed by atoms with Gasteiger partial charge in [0.1, 0.15) is 6.54 Å². The second kappa shape index (κ2) is 4.83. The Labute approximate surface area is 86.6 Å². The highest BCUT2D eigenvalue weighted by Crippen LogP contribution is 2.19. The maximum absolute atomic E-state index is 12.0. The zero-order valence-electron chi connectivity index (χ0n) is 8.60. The molecule has 1 aliphatic rings. The van der Waals surface area contributed by atoms with Crippen molar-refractivity contribution in [1.29, 1.82) is 0 Å². The fourth-order valence-corrected chi connectivity index (χ4v) is 1.22. The molecule has 0 heterocycles. The summed E-state index contributed by atoms with van der Waals surface area (Å²) >= 11 is 0. The monoisotopic (exact) mass is 224 g/mol. The number of halogens is 3. The fourth-order valence-electron chi connectivity index (χ4n) is 1.22. The second-order valence-corrected chi connectivity index (χ2v) is 3.68. The third kappa shape index (κ3) is 5.01. The number of nitrogens with zero attached hydrogens (tertiary/aromatic N) is 1. The van der Waals surface area contributed by atoms with E-state index in [-0.39, 0.29) is 13.1 Å². The van der Waals surface area contributed by atoms with Crippen molar-refractivity contribution in [2.45, 2.75) is 32.0 Å². The van der Waals surface area contributed by atoms with Crippen molar-refractivity contribution in [3.63, 3.8) is 0 Å². The molecule has 1 amide bonds. The topological polar surface area (TPSA) is 32.3 Å². The predicted molar refractivity (Wildman–Crippen MR) is 49.3 cm³/mol. The first-order valence-electron chi connectivity index (χ1n) is 5.00. The van der Waals surface area contributed by atoms with Gasteiger partial charge in [-0.15, -0.1) is 0 Å². The molecular formula is C9H15F3N2O. The number of hydrogen-bond donors (Lipinski definition) is 1. The maximum Gasteiger partial charge on any atom is 0.406 e. The van der Waals surface area contributed by atoms with E-state index >= 15 is 0 Å². The van der Waals surface area contributed by atoms with Gasteiger partial charge >= 0.3 is 6.18 Å². The van der Waals surface area contributed by atoms with Crippen molar-refractivity contribution in [1.82, 2.24) is 10.2 Å². The van der Waals surface area contributed by atoms with Gasteiger partial charge in [0.05, 0.1) is 6.54 Å². The van der Waals surface area contributed by atoms with Crippen molar-refractivity contribution in [2.75, 3.05) is 19.6 Å². The lowest BCUT2D eigenvalue weighted by Crippen LogP contribution is -2.43. The Morgan fingerprint density at radius 1 is 1.47 bits per heavy atom. The number of likely N-dealkylation sites (N-methyl/N-ethyl adjacent to an activating group) is 1. The lowest BCUT2D eigenvalue weighted by atomic mass is 10.4. The van der Waals surface area contributed by atoms with Gasteiger partial charge in [-0.3, -0.25) is 4.79 Å². The molecule has 0 bridgehead atoms. The predicted octanol–water partition coefficient (Wildman–Crippen LogP) is 1.15. The van der Waals surface area contributed by atoms with Crippen LogP contribution in [0.1, 0.15) is 19.8 Å². The molecule has 1 fully saturated rings. The first-order chi connectivity index (χ1) is 6.92. The first-order valence-corrected chi connectivity index (χ1v) is 5.00. The Morgan fingerprint density at radius 2 is 2.07 bits per heavy atom. The third-order valence-corrected chi connectivity index (χ3v) is 2.22. The van der Waals surface area contributed by atoms with Gasteiger partial charge in [-0.1, -0.05) is 0 Å². The van der Waals surface area contributed by atoms with E-state index in [9.17, 15) is 18.0 Å². The van der Waals surface area contributed by atoms with Gasteiger partial charge in [0.15, 0.2) is 0 Å². The van der Waals surface area contributed by atoms with Crippen LogP contribution >= 0.6 is 0 Å². The van der Waals surface area contributed by atoms with E-state index in [1.54, 1.807) is 6.92 Å². The van der Waals surface area contributed by atoms with Crippen LogP contribution in [0.25, 0.3) is 0 Å². The van der Waals surface area contributed by atoms with E-state index in [4.69, 9.17) is 0 Å². The Hall–Kier alpha value is -0.780. The van der Waals surface area contributed by atoms with Gasteiger partial charge in [-0.2, -0.15) is 13.2 Å². The Kier molecular flexibility index (Phi) is 3.96. The molecule has 0 radical (unpaired) electrons. The van der Waals surface area contributed by atoms with Crippen LogP contribution in [-0.2, 0) is 4.79 Å². The summed E-state index contributed by atoms with van der Waals surface area (Å²) in [7, 11) is 0. The molecule has 0 unspecified atom stereocenters. The maximum atomic E-state index is 12.0. The number of hydrogen-bond acceptors (Lipinski definition) is 2. The minimum absolute atomic E-state index is 0.00852. The second-order valence-electron chi connectivity index (χ2n) is 3.68. The normalized spacial score (nSPS) is 16.5. The molecule has 0 aromatic carbocycles. The van der Waals surface area contributed by atoms with Crippen LogP contribution in [0.15, 0.2) is 0 Å². The van der Waals surface area contributed by atoms with Crippen LogP contribution in [0.4, 0.5) is 13.2 Å². The highest BCUT2D eigenvalue weighted by Gasteiger charge is 2.32. The molecule has 1 rings (SSSR count). The molecule has 1 saturated carbocycles. The van der Waals surface area contributed by atoms with E-state index in [0.29, 0.717) is 6.04 Å². The third-order valence-electron chi connectivity index (χ3n) is 2.22. The molecular weight excluding hydrogens is 209 g/mol. The largest absolute Gasteiger partial charge is 0.406 e. The molecule has 1 aliphatic carbocycles. The zero-order valence-corrected chi connectivity index (χ0v) is 8.60. The molecule has 15 heavy (non-hydrogen) atoms. The van der Waals surface area contributed by atoms with Crippen LogP contribution in [0.5, 0.6) is 0 Å². The Morgan fingerprint density at radius 3 is 2.47 bits per heavy atom. The smallest absolute Gasteiger partial charge is 0.333 e. The molecule has 0 saturated heterocycles. The summed E-state index contributed by atoms with van der Waals surface area (Å²) in [5, 5.41) is 2.90. The molecule has 6 heteroatoms. The van der Waals surface area contributed by atoms with Crippen LogP contribution in [0.2, 0.25) is 0 Å². The minimum Gasteiger partial charge on any atom is -0.333 e. The van der Waals surface area contributed by atoms with Crippen molar-refractivity contribution in [3.8, 4) is 0 Å². The van der Waals surface area contributed by atoms with Crippen molar-refractivity contribution in [2.24, 2.45) is 0 Å². The number of nitrogens with one attached hydrogen (secondary N) is 1. The van der Waals surface area contributed by atoms with Gasteiger partial charge in [0, 0.05) is 12.6 Å². The first kappa shape index (κ1) is 12.3. The van der Waals surface area contributed by atoms with Crippen LogP contribution < -0.4 is 5.32 Å². The van der Waals surface area contributed by atoms with Crippen LogP contribution in [0, 0.1) is 0 Å². The van der Waals surface area contributed by atoms with Gasteiger partial charge in [0.25, 0.3) is 0 Å². The number of carbonyl (C=O) groups is 1. The Bertz CT molecular complexity index is 226. The lowest BCUT2D eigenvalue weighted by Gasteiger charge is -2.22. The van der Waals surface area contributed by atoms with Crippen molar-refractivity contribution in [3.05, 3.63) is 0 Å². The van der Waals surface area contributed by atoms with Crippen molar-refractivity contribution < 1.29 is 18.0 Å². The summed E-state index contributed by atoms with van der Waals surface area (Å²) in [6, 6.07) is 0.332. The molecule has 0 aromatic heterocycles. The number of alkyl halides is 3. The average Bonchev–Trinajstić information content (AvgIpc) is 2.92. The molecule has 1 N–H and O–H groups in total. The van der Waals surface area contributed by atoms with E-state index in [1.807, 2.05) is 0 Å². The molecule has 88 valence electrons. The quantitative estimate of drug-likeness (QED) is 0.759. The summed E-state index contributed by atoms with van der Waals surface area (Å²) < 4.78 is 36.1. The summed E-state index contributed by atoms with van der Waals surface area (Å²) in [4.78, 5) is 12.2. The molecule has 3 nitrogen and oxygen atoms in total. The standard InChI is InChI=1S/C9H15F3N2O/c1-2-14(6-9(10,11)12)8(15)5-13-7-3-4-7/h7,13H,2-6H2,1H3. The lowest BCUT2D eigenvalue weighted by molar-refractivity contribution is -0.160. The molecule has 0 spiro atoms. The van der Waals surface area contributed by atoms with E-state index in [2.05, 4.69) is 5.32 Å². The van der Waals surface area contributed by atoms with Crippen LogP contribution in [-0.4, -0.2) is 42.7 Å². The minimum atomic E-state index is -4.31. The van der Waals surface area contributed by atoms with Gasteiger partial charge in [0.2, 0.25) is 5.91 Å². The average molecular weight is 224 g/mol. The SMILES string of the molecule is CCN(CC(F)(F)F)C(=O)CNC1CC1. The summed E-state index contributed by atoms with van der Waals surface area (Å²) in [6.07, 6.45) is -2.29. The summed E-state index contributed by atoms with van der Waals surface area (Å²) in [5.41, 5.74) is 0. The van der Waals surface area contributed by atoms with E-state index in [1.165, 1.54) is 0 Å². The van der Waals surface area contributed by atoms with E-state index < -0.39 is 18.6 Å². The van der Waals surface area contributed by atoms with Gasteiger partial charge < -0.3 is 10.2 Å². The number of rotatable bonds is 5. The van der Waals surface area contributed by atoms with Gasteiger partial charge in [-0.25, -0.2) is 0 Å². The highest BCUT2D eigenvalue weighted by molar-refractivity contribution is 5.78. The summed E-state index contributed by atoms with van der Waals surface area (Å²) in [6.45, 7) is 0.481. The summed E-state index contributed by atoms with van der Waals surface area (Å²) in [5.74, 6) is -0.485. The fraction of sp³-hybridized carbons (Fsp3) is 0.889. The van der Waals surface area contributed by atoms with Gasteiger partial charge in [-0.05, 0) is 19.8 Å². The highest BCUT2D eigenvalue weighted by atomic mass is 19.4. The number of carbonyl (C=O) groups excluding carboxylic acids is 1.